The Morgan fingerprint density at radius 3 is 2.88 bits per heavy atom. The van der Waals surface area contributed by atoms with E-state index in [9.17, 15) is 0 Å². The third kappa shape index (κ3) is 4.75. The monoisotopic (exact) mass is 224 g/mol. The van der Waals surface area contributed by atoms with Crippen molar-refractivity contribution < 1.29 is 0 Å². The van der Waals surface area contributed by atoms with E-state index in [2.05, 4.69) is 36.2 Å². The summed E-state index contributed by atoms with van der Waals surface area (Å²) in [6.07, 6.45) is 6.21. The second-order valence-electron chi connectivity index (χ2n) is 4.47. The Labute approximate surface area is 98.5 Å². The summed E-state index contributed by atoms with van der Waals surface area (Å²) < 4.78 is 2.02. The van der Waals surface area contributed by atoms with Crippen LogP contribution in [0.5, 0.6) is 0 Å². The highest BCUT2D eigenvalue weighted by Gasteiger charge is 2.02. The average molecular weight is 224 g/mol. The normalized spacial score (nSPS) is 11.2. The van der Waals surface area contributed by atoms with Gasteiger partial charge in [0.25, 0.3) is 0 Å². The molecule has 0 fully saturated rings. The zero-order valence-electron chi connectivity index (χ0n) is 10.7. The van der Waals surface area contributed by atoms with Crippen molar-refractivity contribution in [2.24, 2.45) is 0 Å². The van der Waals surface area contributed by atoms with Crippen molar-refractivity contribution >= 4 is 0 Å². The van der Waals surface area contributed by atoms with Crippen molar-refractivity contribution in [1.29, 1.82) is 0 Å². The number of hydrogen-bond acceptors (Lipinski definition) is 3. The summed E-state index contributed by atoms with van der Waals surface area (Å²) in [6, 6.07) is 0.587. The van der Waals surface area contributed by atoms with Crippen LogP contribution in [0, 0.1) is 0 Å². The molecule has 0 aromatic carbocycles. The maximum absolute atomic E-state index is 4.30. The van der Waals surface area contributed by atoms with Gasteiger partial charge in [-0.1, -0.05) is 20.8 Å². The van der Waals surface area contributed by atoms with Gasteiger partial charge >= 0.3 is 0 Å². The molecule has 1 rings (SSSR count). The van der Waals surface area contributed by atoms with E-state index in [-0.39, 0.29) is 0 Å². The van der Waals surface area contributed by atoms with Crippen molar-refractivity contribution in [3.8, 4) is 0 Å². The van der Waals surface area contributed by atoms with Crippen molar-refractivity contribution in [2.45, 2.75) is 59.0 Å². The van der Waals surface area contributed by atoms with E-state index < -0.39 is 0 Å². The van der Waals surface area contributed by atoms with E-state index in [1.54, 1.807) is 6.33 Å². The molecule has 0 aliphatic carbocycles. The number of unbranched alkanes of at least 4 members (excludes halogenated alkanes) is 1. The van der Waals surface area contributed by atoms with Crippen LogP contribution in [0.4, 0.5) is 0 Å². The Hall–Kier alpha value is -0.900. The first-order valence-corrected chi connectivity index (χ1v) is 6.34. The van der Waals surface area contributed by atoms with Crippen molar-refractivity contribution in [1.82, 2.24) is 20.1 Å². The molecule has 16 heavy (non-hydrogen) atoms. The molecule has 0 unspecified atom stereocenters. The number of nitrogens with zero attached hydrogens (tertiary/aromatic N) is 3. The molecule has 0 spiro atoms. The van der Waals surface area contributed by atoms with Crippen LogP contribution in [0.15, 0.2) is 6.33 Å². The van der Waals surface area contributed by atoms with Crippen LogP contribution in [0.3, 0.4) is 0 Å². The molecular formula is C12H24N4. The lowest BCUT2D eigenvalue weighted by atomic mass is 10.2. The van der Waals surface area contributed by atoms with E-state index in [1.807, 2.05) is 4.68 Å². The predicted octanol–water partition coefficient (Wildman–Crippen LogP) is 2.01. The molecule has 0 aliphatic heterocycles. The van der Waals surface area contributed by atoms with Crippen LogP contribution < -0.4 is 5.32 Å². The first-order chi connectivity index (χ1) is 7.74. The van der Waals surface area contributed by atoms with Crippen LogP contribution in [-0.2, 0) is 13.0 Å². The SMILES string of the molecule is CCCn1ncnc1CCCCNC(C)C. The lowest BCUT2D eigenvalue weighted by molar-refractivity contribution is 0.532. The Morgan fingerprint density at radius 1 is 1.38 bits per heavy atom. The van der Waals surface area contributed by atoms with E-state index in [1.165, 1.54) is 12.8 Å². The van der Waals surface area contributed by atoms with Crippen molar-refractivity contribution in [2.75, 3.05) is 6.54 Å². The second-order valence-corrected chi connectivity index (χ2v) is 4.47. The summed E-state index contributed by atoms with van der Waals surface area (Å²) in [6.45, 7) is 8.60. The Bertz CT molecular complexity index is 280. The van der Waals surface area contributed by atoms with E-state index >= 15 is 0 Å². The molecule has 1 aromatic rings. The zero-order valence-corrected chi connectivity index (χ0v) is 10.7. The molecule has 0 aliphatic rings. The highest BCUT2D eigenvalue weighted by molar-refractivity contribution is 4.84. The van der Waals surface area contributed by atoms with Crippen LogP contribution in [0.25, 0.3) is 0 Å². The molecule has 0 amide bonds. The molecule has 0 radical (unpaired) electrons. The van der Waals surface area contributed by atoms with Gasteiger partial charge in [-0.3, -0.25) is 4.68 Å². The third-order valence-corrected chi connectivity index (χ3v) is 2.51. The lowest BCUT2D eigenvalue weighted by Gasteiger charge is -2.07. The molecule has 1 heterocycles. The van der Waals surface area contributed by atoms with E-state index in [0.717, 1.165) is 31.8 Å². The summed E-state index contributed by atoms with van der Waals surface area (Å²) in [5.74, 6) is 1.13. The first-order valence-electron chi connectivity index (χ1n) is 6.34. The molecule has 0 saturated carbocycles. The number of aryl methyl sites for hydroxylation is 2. The minimum absolute atomic E-state index is 0.587. The molecule has 1 aromatic heterocycles. The number of nitrogens with one attached hydrogen (secondary N) is 1. The number of aromatic nitrogens is 3. The fourth-order valence-electron chi connectivity index (χ4n) is 1.68. The van der Waals surface area contributed by atoms with E-state index in [0.29, 0.717) is 6.04 Å². The van der Waals surface area contributed by atoms with Crippen LogP contribution in [0.1, 0.15) is 45.9 Å². The molecular weight excluding hydrogens is 200 g/mol. The largest absolute Gasteiger partial charge is 0.315 e. The first kappa shape index (κ1) is 13.2. The van der Waals surface area contributed by atoms with Gasteiger partial charge in [-0.25, -0.2) is 4.98 Å². The number of rotatable bonds is 8. The summed E-state index contributed by atoms with van der Waals surface area (Å²) >= 11 is 0. The van der Waals surface area contributed by atoms with Crippen molar-refractivity contribution in [3.05, 3.63) is 12.2 Å². The molecule has 4 nitrogen and oxygen atoms in total. The lowest BCUT2D eigenvalue weighted by Crippen LogP contribution is -2.23. The van der Waals surface area contributed by atoms with Crippen LogP contribution in [0.2, 0.25) is 0 Å². The minimum atomic E-state index is 0.587. The summed E-state index contributed by atoms with van der Waals surface area (Å²) in [4.78, 5) is 4.30. The molecule has 0 atom stereocenters. The van der Waals surface area contributed by atoms with Gasteiger partial charge < -0.3 is 5.32 Å². The average Bonchev–Trinajstić information content (AvgIpc) is 2.65. The second kappa shape index (κ2) is 7.39. The fourth-order valence-corrected chi connectivity index (χ4v) is 1.68. The van der Waals surface area contributed by atoms with Gasteiger partial charge in [0, 0.05) is 19.0 Å². The van der Waals surface area contributed by atoms with Crippen molar-refractivity contribution in [3.63, 3.8) is 0 Å². The Kier molecular flexibility index (Phi) is 6.08. The Morgan fingerprint density at radius 2 is 2.19 bits per heavy atom. The standard InChI is InChI=1S/C12H24N4/c1-4-9-16-12(14-10-15-16)7-5-6-8-13-11(2)3/h10-11,13H,4-9H2,1-3H3. The maximum atomic E-state index is 4.30. The third-order valence-electron chi connectivity index (χ3n) is 2.51. The Balaban J connectivity index is 2.18. The van der Waals surface area contributed by atoms with E-state index in [4.69, 9.17) is 0 Å². The van der Waals surface area contributed by atoms with Gasteiger partial charge in [-0.05, 0) is 25.8 Å². The quantitative estimate of drug-likeness (QED) is 0.687. The fraction of sp³-hybridized carbons (Fsp3) is 0.833. The summed E-state index contributed by atoms with van der Waals surface area (Å²) in [7, 11) is 0. The van der Waals surface area contributed by atoms with Gasteiger partial charge in [-0.2, -0.15) is 5.10 Å². The summed E-state index contributed by atoms with van der Waals surface area (Å²) in [5, 5.41) is 7.65. The minimum Gasteiger partial charge on any atom is -0.315 e. The molecule has 1 N–H and O–H groups in total. The highest BCUT2D eigenvalue weighted by Crippen LogP contribution is 2.02. The van der Waals surface area contributed by atoms with Gasteiger partial charge in [0.2, 0.25) is 0 Å². The topological polar surface area (TPSA) is 42.7 Å². The van der Waals surface area contributed by atoms with Crippen LogP contribution >= 0.6 is 0 Å². The zero-order chi connectivity index (χ0) is 11.8. The van der Waals surface area contributed by atoms with Gasteiger partial charge in [0.15, 0.2) is 0 Å². The molecule has 4 heteroatoms. The molecule has 0 bridgehead atoms. The highest BCUT2D eigenvalue weighted by atomic mass is 15.3. The number of hydrogen-bond donors (Lipinski definition) is 1. The molecule has 0 saturated heterocycles. The van der Waals surface area contributed by atoms with Gasteiger partial charge in [0.05, 0.1) is 0 Å². The van der Waals surface area contributed by atoms with Gasteiger partial charge in [0.1, 0.15) is 12.2 Å². The maximum Gasteiger partial charge on any atom is 0.138 e. The smallest absolute Gasteiger partial charge is 0.138 e. The summed E-state index contributed by atoms with van der Waals surface area (Å²) in [5.41, 5.74) is 0. The molecule has 92 valence electrons. The van der Waals surface area contributed by atoms with Crippen LogP contribution in [-0.4, -0.2) is 27.4 Å². The predicted molar refractivity (Wildman–Crippen MR) is 66.4 cm³/mol. The van der Waals surface area contributed by atoms with Gasteiger partial charge in [-0.15, -0.1) is 0 Å².